The number of hydrogen-bond acceptors (Lipinski definition) is 3. The van der Waals surface area contributed by atoms with Crippen LogP contribution >= 0.6 is 11.6 Å². The molecule has 122 valence electrons. The van der Waals surface area contributed by atoms with Crippen molar-refractivity contribution in [2.45, 2.75) is 18.9 Å². The zero-order valence-electron chi connectivity index (χ0n) is 13.2. The lowest BCUT2D eigenvalue weighted by Gasteiger charge is -2.07. The van der Waals surface area contributed by atoms with Gasteiger partial charge in [0.1, 0.15) is 11.3 Å². The van der Waals surface area contributed by atoms with Gasteiger partial charge in [0, 0.05) is 28.6 Å². The molecule has 1 aliphatic heterocycles. The molecule has 0 spiro atoms. The van der Waals surface area contributed by atoms with E-state index in [0.29, 0.717) is 11.6 Å². The Hall–Kier alpha value is -2.10. The number of ether oxygens (including phenoxy) is 1. The fourth-order valence-electron chi connectivity index (χ4n) is 3.01. The minimum Gasteiger partial charge on any atom is -0.456 e. The van der Waals surface area contributed by atoms with Crippen LogP contribution in [0.3, 0.4) is 0 Å². The zero-order valence-corrected chi connectivity index (χ0v) is 14.0. The summed E-state index contributed by atoms with van der Waals surface area (Å²) in [5.41, 5.74) is 1.81. The highest BCUT2D eigenvalue weighted by molar-refractivity contribution is 6.31. The van der Waals surface area contributed by atoms with Gasteiger partial charge in [-0.25, -0.2) is 0 Å². The number of rotatable bonds is 3. The second kappa shape index (κ2) is 6.80. The van der Waals surface area contributed by atoms with Crippen LogP contribution in [0.2, 0.25) is 5.02 Å². The summed E-state index contributed by atoms with van der Waals surface area (Å²) in [4.78, 5) is 4.80. The number of benzene rings is 2. The highest BCUT2D eigenvalue weighted by Gasteiger charge is 2.14. The highest BCUT2D eigenvalue weighted by atomic mass is 35.5. The quantitative estimate of drug-likeness (QED) is 0.684. The van der Waals surface area contributed by atoms with Crippen molar-refractivity contribution in [2.24, 2.45) is 4.99 Å². The summed E-state index contributed by atoms with van der Waals surface area (Å²) in [7, 11) is 0. The maximum Gasteiger partial charge on any atom is 0.136 e. The molecule has 2 aromatic carbocycles. The lowest BCUT2D eigenvalue weighted by Crippen LogP contribution is -2.13. The van der Waals surface area contributed by atoms with Crippen LogP contribution in [0.5, 0.6) is 0 Å². The fraction of sp³-hybridized carbons (Fsp3) is 0.250. The molecule has 1 aliphatic rings. The molecule has 0 bridgehead atoms. The van der Waals surface area contributed by atoms with Crippen molar-refractivity contribution in [3.05, 3.63) is 65.0 Å². The molecule has 0 amide bonds. The van der Waals surface area contributed by atoms with Crippen molar-refractivity contribution < 1.29 is 9.15 Å². The number of hydrogen-bond donors (Lipinski definition) is 0. The highest BCUT2D eigenvalue weighted by Crippen LogP contribution is 2.24. The summed E-state index contributed by atoms with van der Waals surface area (Å²) in [6.07, 6.45) is 2.41. The summed E-state index contributed by atoms with van der Waals surface area (Å²) >= 11 is 6.17. The maximum absolute atomic E-state index is 6.17. The van der Waals surface area contributed by atoms with E-state index >= 15 is 0 Å². The molecule has 2 heterocycles. The van der Waals surface area contributed by atoms with Crippen molar-refractivity contribution in [1.82, 2.24) is 0 Å². The average Bonchev–Trinajstić information content (AvgIpc) is 3.14. The third-order valence-corrected chi connectivity index (χ3v) is 4.49. The molecule has 0 aliphatic carbocycles. The van der Waals surface area contributed by atoms with E-state index in [9.17, 15) is 0 Å². The molecular weight excluding hydrogens is 322 g/mol. The van der Waals surface area contributed by atoms with Crippen LogP contribution in [-0.2, 0) is 4.74 Å². The number of nitrogens with zero attached hydrogens (tertiary/aromatic N) is 1. The van der Waals surface area contributed by atoms with E-state index in [4.69, 9.17) is 25.7 Å². The summed E-state index contributed by atoms with van der Waals surface area (Å²) in [5.74, 6) is 0.802. The smallest absolute Gasteiger partial charge is 0.136 e. The summed E-state index contributed by atoms with van der Waals surface area (Å²) in [6.45, 7) is 1.51. The summed E-state index contributed by atoms with van der Waals surface area (Å²) < 4.78 is 11.7. The fourth-order valence-corrected chi connectivity index (χ4v) is 3.18. The predicted molar refractivity (Wildman–Crippen MR) is 96.1 cm³/mol. The molecule has 0 saturated carbocycles. The molecule has 0 radical (unpaired) electrons. The molecule has 3 nitrogen and oxygen atoms in total. The van der Waals surface area contributed by atoms with Crippen molar-refractivity contribution in [2.75, 3.05) is 13.2 Å². The molecule has 3 aromatic rings. The molecule has 1 fully saturated rings. The molecule has 1 aromatic heterocycles. The summed E-state index contributed by atoms with van der Waals surface area (Å²) in [6, 6.07) is 17.7. The molecule has 24 heavy (non-hydrogen) atoms. The van der Waals surface area contributed by atoms with Gasteiger partial charge in [0.05, 0.1) is 18.0 Å². The predicted octanol–water partition coefficient (Wildman–Crippen LogP) is 4.83. The van der Waals surface area contributed by atoms with Gasteiger partial charge in [0.2, 0.25) is 0 Å². The van der Waals surface area contributed by atoms with E-state index in [1.807, 2.05) is 54.6 Å². The Balaban J connectivity index is 1.85. The van der Waals surface area contributed by atoms with Gasteiger partial charge in [-0.3, -0.25) is 4.99 Å². The first-order chi connectivity index (χ1) is 11.8. The standard InChI is InChI=1S/C20H18ClNO2/c21-15-8-9-19-17(11-15)18(22-13-16-7-4-10-23-16)12-20(24-19)14-5-2-1-3-6-14/h1-3,5-6,8-9,11-12,16H,4,7,10,13H2/t16-/m1/s1. The Morgan fingerprint density at radius 2 is 1.96 bits per heavy atom. The first-order valence-corrected chi connectivity index (χ1v) is 8.58. The van der Waals surface area contributed by atoms with Gasteiger partial charge < -0.3 is 9.15 Å². The molecule has 0 N–H and O–H groups in total. The van der Waals surface area contributed by atoms with Gasteiger partial charge in [-0.15, -0.1) is 0 Å². The van der Waals surface area contributed by atoms with Crippen LogP contribution in [-0.4, -0.2) is 19.3 Å². The first-order valence-electron chi connectivity index (χ1n) is 8.20. The Labute approximate surface area is 145 Å². The van der Waals surface area contributed by atoms with Crippen LogP contribution in [0.25, 0.3) is 22.3 Å². The molecule has 0 unspecified atom stereocenters. The second-order valence-corrected chi connectivity index (χ2v) is 6.41. The Bertz CT molecular complexity index is 912. The molecule has 4 heteroatoms. The van der Waals surface area contributed by atoms with Crippen LogP contribution in [0.1, 0.15) is 12.8 Å². The molecule has 1 atom stereocenters. The van der Waals surface area contributed by atoms with Gasteiger partial charge >= 0.3 is 0 Å². The largest absolute Gasteiger partial charge is 0.456 e. The van der Waals surface area contributed by atoms with Crippen molar-refractivity contribution in [3.63, 3.8) is 0 Å². The SMILES string of the molecule is Clc1ccc2oc(-c3ccccc3)cc(=NC[C@H]3CCCO3)c2c1. The minimum atomic E-state index is 0.219. The topological polar surface area (TPSA) is 34.7 Å². The molecule has 4 rings (SSSR count). The molecule has 1 saturated heterocycles. The minimum absolute atomic E-state index is 0.219. The number of halogens is 1. The van der Waals surface area contributed by atoms with E-state index < -0.39 is 0 Å². The summed E-state index contributed by atoms with van der Waals surface area (Å²) in [5, 5.41) is 2.51. The Morgan fingerprint density at radius 3 is 2.75 bits per heavy atom. The zero-order chi connectivity index (χ0) is 16.4. The number of fused-ring (bicyclic) bond motifs is 1. The van der Waals surface area contributed by atoms with Crippen molar-refractivity contribution >= 4 is 22.6 Å². The van der Waals surface area contributed by atoms with Crippen molar-refractivity contribution in [1.29, 1.82) is 0 Å². The van der Waals surface area contributed by atoms with Gasteiger partial charge in [-0.1, -0.05) is 41.9 Å². The van der Waals surface area contributed by atoms with E-state index in [2.05, 4.69) is 0 Å². The van der Waals surface area contributed by atoms with Gasteiger partial charge in [-0.2, -0.15) is 0 Å². The first kappa shape index (κ1) is 15.4. The van der Waals surface area contributed by atoms with Gasteiger partial charge in [-0.05, 0) is 31.0 Å². The third kappa shape index (κ3) is 3.23. The lowest BCUT2D eigenvalue weighted by molar-refractivity contribution is 0.117. The lowest BCUT2D eigenvalue weighted by atomic mass is 10.1. The Morgan fingerprint density at radius 1 is 1.08 bits per heavy atom. The maximum atomic E-state index is 6.17. The second-order valence-electron chi connectivity index (χ2n) is 5.98. The third-order valence-electron chi connectivity index (χ3n) is 4.25. The van der Waals surface area contributed by atoms with E-state index in [1.165, 1.54) is 0 Å². The van der Waals surface area contributed by atoms with E-state index in [-0.39, 0.29) is 6.10 Å². The molecular formula is C20H18ClNO2. The monoisotopic (exact) mass is 339 g/mol. The van der Waals surface area contributed by atoms with E-state index in [1.54, 1.807) is 0 Å². The van der Waals surface area contributed by atoms with Crippen LogP contribution in [0, 0.1) is 0 Å². The average molecular weight is 340 g/mol. The Kier molecular flexibility index (Phi) is 4.37. The van der Waals surface area contributed by atoms with Gasteiger partial charge in [0.15, 0.2) is 0 Å². The van der Waals surface area contributed by atoms with E-state index in [0.717, 1.165) is 47.1 Å². The van der Waals surface area contributed by atoms with Gasteiger partial charge in [0.25, 0.3) is 0 Å². The van der Waals surface area contributed by atoms with Crippen LogP contribution < -0.4 is 5.36 Å². The van der Waals surface area contributed by atoms with Crippen LogP contribution in [0.15, 0.2) is 64.0 Å². The van der Waals surface area contributed by atoms with Crippen molar-refractivity contribution in [3.8, 4) is 11.3 Å². The normalized spacial score (nSPS) is 18.4. The van der Waals surface area contributed by atoms with Crippen LogP contribution in [0.4, 0.5) is 0 Å².